The summed E-state index contributed by atoms with van der Waals surface area (Å²) >= 11 is 5.79. The van der Waals surface area contributed by atoms with Gasteiger partial charge in [0.05, 0.1) is 12.6 Å². The number of pyridine rings is 1. The minimum Gasteiger partial charge on any atom is -0.394 e. The molecule has 0 saturated carbocycles. The molecule has 1 unspecified atom stereocenters. The third-order valence-corrected chi connectivity index (χ3v) is 4.82. The smallest absolute Gasteiger partial charge is 0.242 e. The van der Waals surface area contributed by atoms with E-state index >= 15 is 0 Å². The van der Waals surface area contributed by atoms with Gasteiger partial charge in [0.2, 0.25) is 10.0 Å². The van der Waals surface area contributed by atoms with Crippen LogP contribution in [0.4, 0.5) is 0 Å². The topological polar surface area (TPSA) is 79.3 Å². The largest absolute Gasteiger partial charge is 0.394 e. The lowest BCUT2D eigenvalue weighted by atomic mass is 10.1. The zero-order valence-electron chi connectivity index (χ0n) is 11.3. The molecule has 1 atom stereocenters. The van der Waals surface area contributed by atoms with Crippen LogP contribution in [0.15, 0.2) is 47.5 Å². The van der Waals surface area contributed by atoms with Crippen molar-refractivity contribution in [2.24, 2.45) is 0 Å². The molecule has 0 amide bonds. The highest BCUT2D eigenvalue weighted by atomic mass is 35.5. The average molecular weight is 327 g/mol. The summed E-state index contributed by atoms with van der Waals surface area (Å²) in [5, 5.41) is 9.68. The Kier molecular flexibility index (Phi) is 4.95. The highest BCUT2D eigenvalue weighted by Crippen LogP contribution is 2.19. The summed E-state index contributed by atoms with van der Waals surface area (Å²) < 4.78 is 27.1. The summed E-state index contributed by atoms with van der Waals surface area (Å²) in [7, 11) is -3.79. The van der Waals surface area contributed by atoms with Crippen molar-refractivity contribution in [3.63, 3.8) is 0 Å². The fraction of sp³-hybridized carbons (Fsp3) is 0.214. The zero-order chi connectivity index (χ0) is 15.5. The van der Waals surface area contributed by atoms with Gasteiger partial charge in [-0.05, 0) is 24.1 Å². The Morgan fingerprint density at radius 3 is 2.57 bits per heavy atom. The van der Waals surface area contributed by atoms with Gasteiger partial charge in [-0.15, -0.1) is 0 Å². The maximum atomic E-state index is 12.3. The van der Waals surface area contributed by atoms with E-state index in [4.69, 9.17) is 11.6 Å². The van der Waals surface area contributed by atoms with Crippen LogP contribution in [-0.4, -0.2) is 25.1 Å². The first kappa shape index (κ1) is 15.9. The first-order valence-corrected chi connectivity index (χ1v) is 8.10. The molecule has 21 heavy (non-hydrogen) atoms. The van der Waals surface area contributed by atoms with Crippen LogP contribution in [0.1, 0.15) is 17.2 Å². The second-order valence-electron chi connectivity index (χ2n) is 4.55. The molecule has 0 aliphatic rings. The molecule has 2 N–H and O–H groups in total. The molecule has 5 nitrogen and oxygen atoms in total. The molecule has 112 valence electrons. The van der Waals surface area contributed by atoms with Crippen LogP contribution in [0.25, 0.3) is 0 Å². The lowest BCUT2D eigenvalue weighted by Gasteiger charge is -2.17. The molecule has 0 bridgehead atoms. The molecule has 0 aliphatic carbocycles. The van der Waals surface area contributed by atoms with Crippen molar-refractivity contribution in [1.82, 2.24) is 9.71 Å². The highest BCUT2D eigenvalue weighted by molar-refractivity contribution is 7.89. The van der Waals surface area contributed by atoms with E-state index in [1.165, 1.54) is 12.3 Å². The molecule has 1 aromatic heterocycles. The standard InChI is InChI=1S/C14H15ClN2O3S/c1-10-7-12(8-16-14(10)15)21(19,20)17-13(9-18)11-5-3-2-4-6-11/h2-8,13,17-18H,9H2,1H3. The Hall–Kier alpha value is -1.47. The maximum absolute atomic E-state index is 12.3. The average Bonchev–Trinajstić information content (AvgIpc) is 2.48. The number of aromatic nitrogens is 1. The third kappa shape index (κ3) is 3.79. The van der Waals surface area contributed by atoms with E-state index in [1.807, 2.05) is 6.07 Å². The van der Waals surface area contributed by atoms with Gasteiger partial charge in [0.25, 0.3) is 0 Å². The van der Waals surface area contributed by atoms with E-state index in [1.54, 1.807) is 31.2 Å². The lowest BCUT2D eigenvalue weighted by Crippen LogP contribution is -2.31. The minimum absolute atomic E-state index is 0.0128. The fourth-order valence-corrected chi connectivity index (χ4v) is 3.18. The molecule has 0 saturated heterocycles. The molecule has 2 rings (SSSR count). The van der Waals surface area contributed by atoms with Crippen molar-refractivity contribution < 1.29 is 13.5 Å². The van der Waals surface area contributed by atoms with E-state index in [0.29, 0.717) is 11.1 Å². The van der Waals surface area contributed by atoms with Gasteiger partial charge < -0.3 is 5.11 Å². The van der Waals surface area contributed by atoms with Crippen LogP contribution in [0.3, 0.4) is 0 Å². The zero-order valence-corrected chi connectivity index (χ0v) is 12.9. The van der Waals surface area contributed by atoms with Crippen LogP contribution in [0.2, 0.25) is 5.15 Å². The first-order chi connectivity index (χ1) is 9.94. The number of aliphatic hydroxyl groups is 1. The third-order valence-electron chi connectivity index (χ3n) is 2.98. The number of aryl methyl sites for hydroxylation is 1. The molecule has 0 radical (unpaired) electrons. The van der Waals surface area contributed by atoms with Gasteiger partial charge in [0, 0.05) is 6.20 Å². The van der Waals surface area contributed by atoms with E-state index in [-0.39, 0.29) is 16.7 Å². The second kappa shape index (κ2) is 6.53. The van der Waals surface area contributed by atoms with Gasteiger partial charge in [-0.1, -0.05) is 41.9 Å². The Morgan fingerprint density at radius 1 is 1.33 bits per heavy atom. The van der Waals surface area contributed by atoms with Crippen molar-refractivity contribution >= 4 is 21.6 Å². The molecule has 7 heteroatoms. The molecule has 0 fully saturated rings. The number of sulfonamides is 1. The number of hydrogen-bond acceptors (Lipinski definition) is 4. The van der Waals surface area contributed by atoms with E-state index in [9.17, 15) is 13.5 Å². The van der Waals surface area contributed by atoms with Gasteiger partial charge in [-0.3, -0.25) is 0 Å². The fourth-order valence-electron chi connectivity index (χ4n) is 1.83. The molecule has 0 aliphatic heterocycles. The predicted molar refractivity (Wildman–Crippen MR) is 80.6 cm³/mol. The van der Waals surface area contributed by atoms with Gasteiger partial charge >= 0.3 is 0 Å². The number of halogens is 1. The summed E-state index contributed by atoms with van der Waals surface area (Å²) in [6, 6.07) is 9.59. The molecule has 2 aromatic rings. The second-order valence-corrected chi connectivity index (χ2v) is 6.62. The van der Waals surface area contributed by atoms with Crippen molar-refractivity contribution in [1.29, 1.82) is 0 Å². The molecule has 1 aromatic carbocycles. The van der Waals surface area contributed by atoms with Crippen LogP contribution in [-0.2, 0) is 10.0 Å². The highest BCUT2D eigenvalue weighted by Gasteiger charge is 2.21. The predicted octanol–water partition coefficient (Wildman–Crippen LogP) is 2.06. The number of benzene rings is 1. The minimum atomic E-state index is -3.79. The van der Waals surface area contributed by atoms with Crippen molar-refractivity contribution in [3.05, 3.63) is 58.9 Å². The van der Waals surface area contributed by atoms with Crippen LogP contribution in [0, 0.1) is 6.92 Å². The molecular weight excluding hydrogens is 312 g/mol. The van der Waals surface area contributed by atoms with Gasteiger partial charge in [-0.25, -0.2) is 18.1 Å². The summed E-state index contributed by atoms with van der Waals surface area (Å²) in [6.45, 7) is 1.33. The van der Waals surface area contributed by atoms with E-state index < -0.39 is 16.1 Å². The van der Waals surface area contributed by atoms with Crippen LogP contribution < -0.4 is 4.72 Å². The van der Waals surface area contributed by atoms with Gasteiger partial charge in [-0.2, -0.15) is 0 Å². The van der Waals surface area contributed by atoms with E-state index in [0.717, 1.165) is 0 Å². The van der Waals surface area contributed by atoms with Crippen molar-refractivity contribution in [3.8, 4) is 0 Å². The number of nitrogens with zero attached hydrogens (tertiary/aromatic N) is 1. The Labute approximate surface area is 128 Å². The number of hydrogen-bond donors (Lipinski definition) is 2. The Balaban J connectivity index is 2.29. The van der Waals surface area contributed by atoms with Gasteiger partial charge in [0.15, 0.2) is 0 Å². The summed E-state index contributed by atoms with van der Waals surface area (Å²) in [5.74, 6) is 0. The van der Waals surface area contributed by atoms with Crippen molar-refractivity contribution in [2.45, 2.75) is 17.9 Å². The van der Waals surface area contributed by atoms with Gasteiger partial charge in [0.1, 0.15) is 10.0 Å². The number of rotatable bonds is 5. The Morgan fingerprint density at radius 2 is 2.00 bits per heavy atom. The Bertz CT molecular complexity index is 720. The van der Waals surface area contributed by atoms with Crippen LogP contribution in [0.5, 0.6) is 0 Å². The monoisotopic (exact) mass is 326 g/mol. The molecule has 1 heterocycles. The summed E-state index contributed by atoms with van der Waals surface area (Å²) in [5.41, 5.74) is 1.25. The normalized spacial score (nSPS) is 13.1. The maximum Gasteiger partial charge on any atom is 0.242 e. The number of aliphatic hydroxyl groups excluding tert-OH is 1. The lowest BCUT2D eigenvalue weighted by molar-refractivity contribution is 0.259. The summed E-state index contributed by atoms with van der Waals surface area (Å²) in [4.78, 5) is 3.85. The van der Waals surface area contributed by atoms with Crippen molar-refractivity contribution in [2.75, 3.05) is 6.61 Å². The molecule has 0 spiro atoms. The summed E-state index contributed by atoms with van der Waals surface area (Å²) in [6.07, 6.45) is 1.19. The van der Waals surface area contributed by atoms with E-state index in [2.05, 4.69) is 9.71 Å². The van der Waals surface area contributed by atoms with Crippen LogP contribution >= 0.6 is 11.6 Å². The first-order valence-electron chi connectivity index (χ1n) is 6.24. The quantitative estimate of drug-likeness (QED) is 0.824. The number of nitrogens with one attached hydrogen (secondary N) is 1. The SMILES string of the molecule is Cc1cc(S(=O)(=O)NC(CO)c2ccccc2)cnc1Cl. The molecular formula is C14H15ClN2O3S.